The zero-order valence-corrected chi connectivity index (χ0v) is 9.07. The van der Waals surface area contributed by atoms with Crippen molar-refractivity contribution in [3.63, 3.8) is 0 Å². The van der Waals surface area contributed by atoms with Gasteiger partial charge in [-0.3, -0.25) is 4.79 Å². The average Bonchev–Trinajstić information content (AvgIpc) is 2.29. The van der Waals surface area contributed by atoms with Crippen LogP contribution in [0.5, 0.6) is 0 Å². The van der Waals surface area contributed by atoms with Crippen LogP contribution in [0, 0.1) is 0 Å². The SMILES string of the molecule is CNC(=O)C(O)C1O[C@@H](C)[C@H](O)[C@@H](O)[C@H]1O. The van der Waals surface area contributed by atoms with Gasteiger partial charge in [0.1, 0.15) is 24.4 Å². The highest BCUT2D eigenvalue weighted by Gasteiger charge is 2.46. The molecule has 7 nitrogen and oxygen atoms in total. The summed E-state index contributed by atoms with van der Waals surface area (Å²) in [6, 6.07) is 0. The molecule has 0 bridgehead atoms. The maximum atomic E-state index is 11.2. The Balaban J connectivity index is 2.77. The number of aliphatic hydroxyl groups excluding tert-OH is 4. The molecule has 1 fully saturated rings. The molecule has 1 aliphatic rings. The Morgan fingerprint density at radius 2 is 1.81 bits per heavy atom. The van der Waals surface area contributed by atoms with Crippen LogP contribution >= 0.6 is 0 Å². The monoisotopic (exact) mass is 235 g/mol. The van der Waals surface area contributed by atoms with Crippen molar-refractivity contribution in [2.24, 2.45) is 0 Å². The first-order valence-corrected chi connectivity index (χ1v) is 4.99. The molecule has 0 aromatic heterocycles. The Kier molecular flexibility index (Phi) is 4.22. The second-order valence-electron chi connectivity index (χ2n) is 3.84. The highest BCUT2D eigenvalue weighted by Crippen LogP contribution is 2.23. The molecule has 0 radical (unpaired) electrons. The van der Waals surface area contributed by atoms with E-state index >= 15 is 0 Å². The fraction of sp³-hybridized carbons (Fsp3) is 0.889. The van der Waals surface area contributed by atoms with Crippen molar-refractivity contribution < 1.29 is 30.0 Å². The Morgan fingerprint density at radius 3 is 2.31 bits per heavy atom. The van der Waals surface area contributed by atoms with Crippen molar-refractivity contribution in [1.82, 2.24) is 5.32 Å². The number of amides is 1. The van der Waals surface area contributed by atoms with Crippen molar-refractivity contribution in [2.75, 3.05) is 7.05 Å². The lowest BCUT2D eigenvalue weighted by Gasteiger charge is -2.40. The molecule has 5 N–H and O–H groups in total. The molecule has 0 aliphatic carbocycles. The molecule has 94 valence electrons. The van der Waals surface area contributed by atoms with Gasteiger partial charge in [0.25, 0.3) is 5.91 Å². The van der Waals surface area contributed by atoms with Gasteiger partial charge in [-0.15, -0.1) is 0 Å². The van der Waals surface area contributed by atoms with E-state index in [0.29, 0.717) is 0 Å². The van der Waals surface area contributed by atoms with Crippen LogP contribution < -0.4 is 5.32 Å². The number of carbonyl (C=O) groups is 1. The van der Waals surface area contributed by atoms with E-state index in [1.54, 1.807) is 0 Å². The molecular formula is C9H17NO6. The third-order valence-corrected chi connectivity index (χ3v) is 2.72. The smallest absolute Gasteiger partial charge is 0.251 e. The number of rotatable bonds is 2. The van der Waals surface area contributed by atoms with Gasteiger partial charge in [-0.25, -0.2) is 0 Å². The van der Waals surface area contributed by atoms with E-state index in [9.17, 15) is 25.2 Å². The van der Waals surface area contributed by atoms with Crippen LogP contribution in [0.25, 0.3) is 0 Å². The van der Waals surface area contributed by atoms with Gasteiger partial charge in [-0.05, 0) is 6.92 Å². The van der Waals surface area contributed by atoms with Crippen molar-refractivity contribution in [1.29, 1.82) is 0 Å². The van der Waals surface area contributed by atoms with Gasteiger partial charge in [0, 0.05) is 7.05 Å². The standard InChI is InChI=1S/C9H17NO6/c1-3-4(11)5(12)6(13)8(16-3)7(14)9(15)10-2/h3-8,11-14H,1-2H3,(H,10,15)/t3-,4-,5+,6+,7?,8?/m0/s1. The van der Waals surface area contributed by atoms with Gasteiger partial charge >= 0.3 is 0 Å². The minimum atomic E-state index is -1.59. The lowest BCUT2D eigenvalue weighted by Crippen LogP contribution is -2.61. The van der Waals surface area contributed by atoms with Crippen LogP contribution in [0.2, 0.25) is 0 Å². The second kappa shape index (κ2) is 5.07. The molecule has 2 unspecified atom stereocenters. The largest absolute Gasteiger partial charge is 0.388 e. The number of nitrogens with one attached hydrogen (secondary N) is 1. The Morgan fingerprint density at radius 1 is 1.25 bits per heavy atom. The van der Waals surface area contributed by atoms with Crippen LogP contribution in [0.3, 0.4) is 0 Å². The topological polar surface area (TPSA) is 119 Å². The number of aliphatic hydroxyl groups is 4. The molecule has 0 aromatic carbocycles. The zero-order valence-electron chi connectivity index (χ0n) is 9.07. The summed E-state index contributed by atoms with van der Waals surface area (Å²) >= 11 is 0. The molecule has 6 atom stereocenters. The van der Waals surface area contributed by atoms with Crippen molar-refractivity contribution >= 4 is 5.91 Å². The maximum Gasteiger partial charge on any atom is 0.251 e. The minimum Gasteiger partial charge on any atom is -0.388 e. The summed E-state index contributed by atoms with van der Waals surface area (Å²) in [5.74, 6) is -0.722. The van der Waals surface area contributed by atoms with E-state index in [4.69, 9.17) is 4.74 Å². The first kappa shape index (κ1) is 13.3. The molecule has 0 aromatic rings. The molecule has 0 spiro atoms. The molecule has 1 aliphatic heterocycles. The predicted octanol–water partition coefficient (Wildman–Crippen LogP) is -3.04. The van der Waals surface area contributed by atoms with E-state index in [2.05, 4.69) is 5.32 Å². The summed E-state index contributed by atoms with van der Waals surface area (Å²) < 4.78 is 5.10. The maximum absolute atomic E-state index is 11.2. The molecule has 1 saturated heterocycles. The van der Waals surface area contributed by atoms with Gasteiger partial charge in [0.15, 0.2) is 6.10 Å². The molecule has 7 heteroatoms. The van der Waals surface area contributed by atoms with Crippen LogP contribution in [0.4, 0.5) is 0 Å². The van der Waals surface area contributed by atoms with E-state index in [1.165, 1.54) is 14.0 Å². The van der Waals surface area contributed by atoms with E-state index < -0.39 is 42.5 Å². The molecule has 1 rings (SSSR count). The first-order chi connectivity index (χ1) is 7.40. The lowest BCUT2D eigenvalue weighted by molar-refractivity contribution is -0.236. The molecule has 16 heavy (non-hydrogen) atoms. The van der Waals surface area contributed by atoms with Gasteiger partial charge in [0.05, 0.1) is 6.10 Å². The highest BCUT2D eigenvalue weighted by molar-refractivity contribution is 5.80. The van der Waals surface area contributed by atoms with Crippen LogP contribution in [-0.2, 0) is 9.53 Å². The fourth-order valence-corrected chi connectivity index (χ4v) is 1.64. The molecule has 1 heterocycles. The van der Waals surface area contributed by atoms with Gasteiger partial charge in [-0.1, -0.05) is 0 Å². The van der Waals surface area contributed by atoms with Crippen molar-refractivity contribution in [3.05, 3.63) is 0 Å². The van der Waals surface area contributed by atoms with E-state index in [-0.39, 0.29) is 0 Å². The normalized spacial score (nSPS) is 41.5. The molecule has 1 amide bonds. The molecule has 0 saturated carbocycles. The highest BCUT2D eigenvalue weighted by atomic mass is 16.5. The summed E-state index contributed by atoms with van der Waals surface area (Å²) in [6.45, 7) is 1.48. The Hall–Kier alpha value is -0.730. The van der Waals surface area contributed by atoms with Crippen molar-refractivity contribution in [2.45, 2.75) is 43.5 Å². The van der Waals surface area contributed by atoms with Crippen LogP contribution in [0.15, 0.2) is 0 Å². The average molecular weight is 235 g/mol. The van der Waals surface area contributed by atoms with Gasteiger partial charge < -0.3 is 30.5 Å². The lowest BCUT2D eigenvalue weighted by atomic mass is 9.92. The predicted molar refractivity (Wildman–Crippen MR) is 52.4 cm³/mol. The summed E-state index contributed by atoms with van der Waals surface area (Å²) in [5, 5.41) is 40.2. The summed E-state index contributed by atoms with van der Waals surface area (Å²) in [4.78, 5) is 11.2. The molecular weight excluding hydrogens is 218 g/mol. The number of ether oxygens (including phenoxy) is 1. The van der Waals surface area contributed by atoms with E-state index in [0.717, 1.165) is 0 Å². The Labute approximate surface area is 92.7 Å². The third kappa shape index (κ3) is 2.33. The quantitative estimate of drug-likeness (QED) is 0.347. The summed E-state index contributed by atoms with van der Waals surface area (Å²) in [5.41, 5.74) is 0. The van der Waals surface area contributed by atoms with Crippen LogP contribution in [-0.4, -0.2) is 70.0 Å². The third-order valence-electron chi connectivity index (χ3n) is 2.72. The first-order valence-electron chi connectivity index (χ1n) is 4.99. The van der Waals surface area contributed by atoms with Crippen LogP contribution in [0.1, 0.15) is 6.92 Å². The van der Waals surface area contributed by atoms with Crippen molar-refractivity contribution in [3.8, 4) is 0 Å². The fourth-order valence-electron chi connectivity index (χ4n) is 1.64. The summed E-state index contributed by atoms with van der Waals surface area (Å²) in [7, 11) is 1.33. The zero-order chi connectivity index (χ0) is 12.5. The number of hydrogen-bond donors (Lipinski definition) is 5. The number of hydrogen-bond acceptors (Lipinski definition) is 6. The summed E-state index contributed by atoms with van der Waals surface area (Å²) in [6.07, 6.45) is -7.84. The van der Waals surface area contributed by atoms with Gasteiger partial charge in [-0.2, -0.15) is 0 Å². The number of likely N-dealkylation sites (N-methyl/N-ethyl adjacent to an activating group) is 1. The Bertz CT molecular complexity index is 260. The second-order valence-corrected chi connectivity index (χ2v) is 3.84. The number of carbonyl (C=O) groups excluding carboxylic acids is 1. The van der Waals surface area contributed by atoms with E-state index in [1.807, 2.05) is 0 Å². The van der Waals surface area contributed by atoms with Gasteiger partial charge in [0.2, 0.25) is 0 Å². The minimum absolute atomic E-state index is 0.722.